The van der Waals surface area contributed by atoms with Crippen molar-refractivity contribution in [2.75, 3.05) is 6.54 Å². The van der Waals surface area contributed by atoms with Crippen LogP contribution in [0.15, 0.2) is 22.7 Å². The molecule has 1 saturated carbocycles. The second-order valence-corrected chi connectivity index (χ2v) is 7.30. The standard InChI is InChI=1S/C17H23BrFNO/c18-14-10-12(7-8-15(14)19)11-20-9-2-1-5-16(20)13-4-3-6-17(13)21/h7-8,10,13,16-17,21H,1-6,9,11H2. The molecule has 0 spiro atoms. The Hall–Kier alpha value is -0.450. The van der Waals surface area contributed by atoms with Gasteiger partial charge in [-0.1, -0.05) is 18.9 Å². The van der Waals surface area contributed by atoms with Crippen LogP contribution in [0.25, 0.3) is 0 Å². The maximum Gasteiger partial charge on any atom is 0.137 e. The summed E-state index contributed by atoms with van der Waals surface area (Å²) < 4.78 is 13.9. The predicted octanol–water partition coefficient (Wildman–Crippen LogP) is 4.10. The molecule has 3 rings (SSSR count). The second kappa shape index (κ2) is 6.76. The Morgan fingerprint density at radius 1 is 1.19 bits per heavy atom. The number of nitrogens with zero attached hydrogens (tertiary/aromatic N) is 1. The molecule has 1 saturated heterocycles. The first-order valence-corrected chi connectivity index (χ1v) is 8.80. The van der Waals surface area contributed by atoms with Crippen LogP contribution in [0.3, 0.4) is 0 Å². The number of aliphatic hydroxyl groups excluding tert-OH is 1. The van der Waals surface area contributed by atoms with Crippen molar-refractivity contribution in [3.63, 3.8) is 0 Å². The SMILES string of the molecule is OC1CCCC1C1CCCCN1Cc1ccc(F)c(Br)c1. The molecular formula is C17H23BrFNO. The van der Waals surface area contributed by atoms with Crippen molar-refractivity contribution < 1.29 is 9.50 Å². The van der Waals surface area contributed by atoms with Gasteiger partial charge in [0.15, 0.2) is 0 Å². The number of piperidine rings is 1. The Morgan fingerprint density at radius 3 is 2.76 bits per heavy atom. The lowest BCUT2D eigenvalue weighted by Gasteiger charge is -2.40. The van der Waals surface area contributed by atoms with Crippen LogP contribution in [-0.2, 0) is 6.54 Å². The Labute approximate surface area is 134 Å². The van der Waals surface area contributed by atoms with Crippen LogP contribution in [0.2, 0.25) is 0 Å². The average molecular weight is 356 g/mol. The molecule has 21 heavy (non-hydrogen) atoms. The molecule has 0 amide bonds. The van der Waals surface area contributed by atoms with Crippen LogP contribution in [0.1, 0.15) is 44.1 Å². The molecule has 1 aliphatic carbocycles. The molecule has 2 aliphatic rings. The highest BCUT2D eigenvalue weighted by Gasteiger charge is 2.36. The van der Waals surface area contributed by atoms with Crippen molar-refractivity contribution in [2.24, 2.45) is 5.92 Å². The molecule has 4 heteroatoms. The van der Waals surface area contributed by atoms with Crippen LogP contribution in [0, 0.1) is 11.7 Å². The second-order valence-electron chi connectivity index (χ2n) is 6.44. The van der Waals surface area contributed by atoms with Gasteiger partial charge in [-0.05, 0) is 65.9 Å². The maximum absolute atomic E-state index is 13.4. The molecule has 0 bridgehead atoms. The fourth-order valence-electron chi connectivity index (χ4n) is 3.99. The zero-order chi connectivity index (χ0) is 14.8. The summed E-state index contributed by atoms with van der Waals surface area (Å²) in [5.74, 6) is 0.217. The summed E-state index contributed by atoms with van der Waals surface area (Å²) in [6.45, 7) is 1.94. The highest BCUT2D eigenvalue weighted by atomic mass is 79.9. The number of benzene rings is 1. The van der Waals surface area contributed by atoms with E-state index >= 15 is 0 Å². The molecule has 116 valence electrons. The lowest BCUT2D eigenvalue weighted by molar-refractivity contribution is 0.0313. The van der Waals surface area contributed by atoms with Crippen molar-refractivity contribution in [1.29, 1.82) is 0 Å². The van der Waals surface area contributed by atoms with Crippen molar-refractivity contribution in [2.45, 2.75) is 57.2 Å². The van der Waals surface area contributed by atoms with Gasteiger partial charge in [0.2, 0.25) is 0 Å². The smallest absolute Gasteiger partial charge is 0.137 e. The normalized spacial score (nSPS) is 30.7. The van der Waals surface area contributed by atoms with E-state index in [9.17, 15) is 9.50 Å². The van der Waals surface area contributed by atoms with Crippen molar-refractivity contribution in [3.8, 4) is 0 Å². The summed E-state index contributed by atoms with van der Waals surface area (Å²) in [5.41, 5.74) is 1.14. The van der Waals surface area contributed by atoms with Gasteiger partial charge < -0.3 is 5.11 Å². The number of hydrogen-bond acceptors (Lipinski definition) is 2. The highest BCUT2D eigenvalue weighted by Crippen LogP contribution is 2.36. The largest absolute Gasteiger partial charge is 0.393 e. The lowest BCUT2D eigenvalue weighted by Crippen LogP contribution is -2.45. The highest BCUT2D eigenvalue weighted by molar-refractivity contribution is 9.10. The number of halogens is 2. The molecule has 1 aromatic rings. The summed E-state index contributed by atoms with van der Waals surface area (Å²) in [6.07, 6.45) is 6.80. The Bertz CT molecular complexity index is 496. The van der Waals surface area contributed by atoms with Gasteiger partial charge >= 0.3 is 0 Å². The molecule has 1 N–H and O–H groups in total. The monoisotopic (exact) mass is 355 g/mol. The molecule has 3 atom stereocenters. The number of rotatable bonds is 3. The minimum atomic E-state index is -0.208. The Morgan fingerprint density at radius 2 is 2.05 bits per heavy atom. The van der Waals surface area contributed by atoms with E-state index in [4.69, 9.17) is 0 Å². The van der Waals surface area contributed by atoms with Gasteiger partial charge in [0.05, 0.1) is 10.6 Å². The first-order valence-electron chi connectivity index (χ1n) is 8.01. The molecule has 1 aliphatic heterocycles. The Balaban J connectivity index is 1.73. The van der Waals surface area contributed by atoms with Gasteiger partial charge in [0.1, 0.15) is 5.82 Å². The molecule has 0 aromatic heterocycles. The third-order valence-corrected chi connectivity index (χ3v) is 5.67. The van der Waals surface area contributed by atoms with Crippen molar-refractivity contribution in [1.82, 2.24) is 4.90 Å². The summed E-state index contributed by atoms with van der Waals surface area (Å²) >= 11 is 3.27. The maximum atomic E-state index is 13.4. The minimum Gasteiger partial charge on any atom is -0.393 e. The van der Waals surface area contributed by atoms with Gasteiger partial charge in [-0.3, -0.25) is 4.90 Å². The van der Waals surface area contributed by atoms with Crippen LogP contribution in [-0.4, -0.2) is 28.7 Å². The van der Waals surface area contributed by atoms with E-state index in [1.165, 1.54) is 25.3 Å². The van der Waals surface area contributed by atoms with E-state index in [0.717, 1.165) is 37.9 Å². The fraction of sp³-hybridized carbons (Fsp3) is 0.647. The lowest BCUT2D eigenvalue weighted by atomic mass is 9.87. The Kier molecular flexibility index (Phi) is 4.97. The molecule has 1 heterocycles. The van der Waals surface area contributed by atoms with Gasteiger partial charge in [0, 0.05) is 18.5 Å². The van der Waals surface area contributed by atoms with Gasteiger partial charge in [-0.25, -0.2) is 4.39 Å². The topological polar surface area (TPSA) is 23.5 Å². The summed E-state index contributed by atoms with van der Waals surface area (Å²) in [6, 6.07) is 5.77. The van der Waals surface area contributed by atoms with E-state index < -0.39 is 0 Å². The van der Waals surface area contributed by atoms with E-state index in [1.807, 2.05) is 12.1 Å². The third-order valence-electron chi connectivity index (χ3n) is 5.06. The summed E-state index contributed by atoms with van der Waals surface area (Å²) in [4.78, 5) is 2.50. The van der Waals surface area contributed by atoms with Crippen LogP contribution in [0.4, 0.5) is 4.39 Å². The van der Waals surface area contributed by atoms with Crippen LogP contribution in [0.5, 0.6) is 0 Å². The van der Waals surface area contributed by atoms with Crippen molar-refractivity contribution in [3.05, 3.63) is 34.1 Å². The van der Waals surface area contributed by atoms with E-state index in [-0.39, 0.29) is 11.9 Å². The zero-order valence-corrected chi connectivity index (χ0v) is 13.9. The van der Waals surface area contributed by atoms with Crippen LogP contribution < -0.4 is 0 Å². The number of likely N-dealkylation sites (tertiary alicyclic amines) is 1. The van der Waals surface area contributed by atoms with E-state index in [2.05, 4.69) is 20.8 Å². The van der Waals surface area contributed by atoms with Gasteiger partial charge in [0.25, 0.3) is 0 Å². The van der Waals surface area contributed by atoms with E-state index in [1.54, 1.807) is 0 Å². The van der Waals surface area contributed by atoms with Gasteiger partial charge in [-0.2, -0.15) is 0 Å². The first-order chi connectivity index (χ1) is 10.1. The van der Waals surface area contributed by atoms with Crippen molar-refractivity contribution >= 4 is 15.9 Å². The average Bonchev–Trinajstić information content (AvgIpc) is 2.90. The van der Waals surface area contributed by atoms with Gasteiger partial charge in [-0.15, -0.1) is 0 Å². The zero-order valence-electron chi connectivity index (χ0n) is 12.3. The fourth-order valence-corrected chi connectivity index (χ4v) is 4.41. The first kappa shape index (κ1) is 15.4. The number of aliphatic hydroxyl groups is 1. The molecule has 2 fully saturated rings. The third kappa shape index (κ3) is 3.49. The molecular weight excluding hydrogens is 333 g/mol. The minimum absolute atomic E-state index is 0.129. The molecule has 1 aromatic carbocycles. The quantitative estimate of drug-likeness (QED) is 0.881. The molecule has 0 radical (unpaired) electrons. The molecule has 2 nitrogen and oxygen atoms in total. The summed E-state index contributed by atoms with van der Waals surface area (Å²) in [5, 5.41) is 10.2. The number of hydrogen-bond donors (Lipinski definition) is 1. The van der Waals surface area contributed by atoms with Crippen LogP contribution >= 0.6 is 15.9 Å². The predicted molar refractivity (Wildman–Crippen MR) is 85.5 cm³/mol. The molecule has 3 unspecified atom stereocenters. The van der Waals surface area contributed by atoms with E-state index in [0.29, 0.717) is 16.4 Å². The summed E-state index contributed by atoms with van der Waals surface area (Å²) in [7, 11) is 0.